The molecule has 1 nitrogen and oxygen atoms in total. The Morgan fingerprint density at radius 1 is 1.07 bits per heavy atom. The zero-order valence-corrected chi connectivity index (χ0v) is 20.2. The highest BCUT2D eigenvalue weighted by Crippen LogP contribution is 2.67. The maximum Gasteiger partial charge on any atom is 0.0603 e. The van der Waals surface area contributed by atoms with Gasteiger partial charge in [-0.15, -0.1) is 0 Å². The smallest absolute Gasteiger partial charge is 0.0603 e. The highest BCUT2D eigenvalue weighted by Gasteiger charge is 2.59. The summed E-state index contributed by atoms with van der Waals surface area (Å²) in [5, 5.41) is 10.5. The minimum absolute atomic E-state index is 0.109. The number of aliphatic hydroxyl groups is 1. The van der Waals surface area contributed by atoms with Crippen LogP contribution in [0.3, 0.4) is 0 Å². The number of aliphatic hydroxyl groups excluding tert-OH is 1. The van der Waals surface area contributed by atoms with E-state index in [1.54, 1.807) is 5.57 Å². The Kier molecular flexibility index (Phi) is 6.04. The predicted molar refractivity (Wildman–Crippen MR) is 124 cm³/mol. The third-order valence-corrected chi connectivity index (χ3v) is 10.7. The Morgan fingerprint density at radius 2 is 1.83 bits per heavy atom. The van der Waals surface area contributed by atoms with Gasteiger partial charge in [-0.25, -0.2) is 0 Å². The van der Waals surface area contributed by atoms with Crippen molar-refractivity contribution in [3.8, 4) is 0 Å². The highest BCUT2D eigenvalue weighted by molar-refractivity contribution is 5.26. The Balaban J connectivity index is 1.50. The first-order valence-electron chi connectivity index (χ1n) is 13.0. The SMILES string of the molecule is CC(C)CCC[C@@H](C)[C@H]1CC[C@H]2[C@@H]3CC=C4C[C@@H](O)C(C)C[C@]4(C)[C@H]3CC[C@]12C. The highest BCUT2D eigenvalue weighted by atomic mass is 16.3. The second-order valence-corrected chi connectivity index (χ2v) is 12.7. The number of allylic oxidation sites excluding steroid dienone is 1. The Morgan fingerprint density at radius 3 is 2.55 bits per heavy atom. The van der Waals surface area contributed by atoms with Crippen molar-refractivity contribution in [2.45, 2.75) is 112 Å². The zero-order valence-electron chi connectivity index (χ0n) is 20.2. The zero-order chi connectivity index (χ0) is 21.0. The summed E-state index contributed by atoms with van der Waals surface area (Å²) in [7, 11) is 0. The summed E-state index contributed by atoms with van der Waals surface area (Å²) >= 11 is 0. The van der Waals surface area contributed by atoms with Gasteiger partial charge in [0.15, 0.2) is 0 Å². The third kappa shape index (κ3) is 3.66. The summed E-state index contributed by atoms with van der Waals surface area (Å²) in [6, 6.07) is 0. The first-order chi connectivity index (χ1) is 13.7. The first kappa shape index (κ1) is 21.9. The van der Waals surface area contributed by atoms with Crippen LogP contribution in [0.25, 0.3) is 0 Å². The molecule has 0 aromatic heterocycles. The molecule has 4 rings (SSSR count). The van der Waals surface area contributed by atoms with E-state index in [0.29, 0.717) is 16.7 Å². The van der Waals surface area contributed by atoms with Gasteiger partial charge in [0, 0.05) is 0 Å². The van der Waals surface area contributed by atoms with Crippen molar-refractivity contribution in [1.29, 1.82) is 0 Å². The van der Waals surface area contributed by atoms with Crippen molar-refractivity contribution in [3.63, 3.8) is 0 Å². The molecule has 4 aliphatic rings. The lowest BCUT2D eigenvalue weighted by atomic mass is 9.46. The van der Waals surface area contributed by atoms with Crippen LogP contribution in [0.2, 0.25) is 0 Å². The van der Waals surface area contributed by atoms with Crippen LogP contribution in [0.5, 0.6) is 0 Å². The molecule has 4 aliphatic carbocycles. The third-order valence-electron chi connectivity index (χ3n) is 10.7. The molecule has 0 saturated heterocycles. The van der Waals surface area contributed by atoms with Crippen molar-refractivity contribution < 1.29 is 5.11 Å². The first-order valence-corrected chi connectivity index (χ1v) is 13.0. The fraction of sp³-hybridized carbons (Fsp3) is 0.929. The van der Waals surface area contributed by atoms with Crippen LogP contribution in [0.15, 0.2) is 11.6 Å². The molecule has 0 aromatic carbocycles. The van der Waals surface area contributed by atoms with Gasteiger partial charge in [-0.05, 0) is 97.2 Å². The van der Waals surface area contributed by atoms with E-state index >= 15 is 0 Å². The van der Waals surface area contributed by atoms with Gasteiger partial charge in [0.25, 0.3) is 0 Å². The van der Waals surface area contributed by atoms with E-state index in [-0.39, 0.29) is 6.10 Å². The molecular weight excluding hydrogens is 352 g/mol. The van der Waals surface area contributed by atoms with Crippen molar-refractivity contribution in [2.75, 3.05) is 0 Å². The van der Waals surface area contributed by atoms with E-state index in [4.69, 9.17) is 0 Å². The molecule has 0 radical (unpaired) electrons. The number of hydrogen-bond acceptors (Lipinski definition) is 1. The fourth-order valence-corrected chi connectivity index (χ4v) is 9.01. The van der Waals surface area contributed by atoms with Crippen LogP contribution in [0.1, 0.15) is 106 Å². The molecule has 0 aliphatic heterocycles. The fourth-order valence-electron chi connectivity index (χ4n) is 9.01. The van der Waals surface area contributed by atoms with Crippen LogP contribution in [-0.4, -0.2) is 11.2 Å². The average molecular weight is 401 g/mol. The lowest BCUT2D eigenvalue weighted by Gasteiger charge is -2.59. The largest absolute Gasteiger partial charge is 0.393 e. The molecule has 3 saturated carbocycles. The minimum Gasteiger partial charge on any atom is -0.393 e. The summed E-state index contributed by atoms with van der Waals surface area (Å²) in [5.41, 5.74) is 2.56. The lowest BCUT2D eigenvalue weighted by Crippen LogP contribution is -2.52. The van der Waals surface area contributed by atoms with Crippen LogP contribution in [-0.2, 0) is 0 Å². The monoisotopic (exact) mass is 400 g/mol. The summed E-state index contributed by atoms with van der Waals surface area (Å²) in [4.78, 5) is 0. The molecule has 1 heteroatoms. The lowest BCUT2D eigenvalue weighted by molar-refractivity contribution is -0.0669. The number of rotatable bonds is 5. The maximum atomic E-state index is 10.5. The predicted octanol–water partition coefficient (Wildman–Crippen LogP) is 7.63. The summed E-state index contributed by atoms with van der Waals surface area (Å²) < 4.78 is 0. The topological polar surface area (TPSA) is 20.2 Å². The Labute approximate surface area is 181 Å². The molecule has 9 atom stereocenters. The van der Waals surface area contributed by atoms with Crippen molar-refractivity contribution in [3.05, 3.63) is 11.6 Å². The molecule has 0 amide bonds. The Hall–Kier alpha value is -0.300. The van der Waals surface area contributed by atoms with Crippen LogP contribution < -0.4 is 0 Å². The summed E-state index contributed by atoms with van der Waals surface area (Å²) in [6.07, 6.45) is 16.1. The summed E-state index contributed by atoms with van der Waals surface area (Å²) in [5.74, 6) is 5.87. The Bertz CT molecular complexity index is 620. The molecule has 0 heterocycles. The van der Waals surface area contributed by atoms with Gasteiger partial charge >= 0.3 is 0 Å². The van der Waals surface area contributed by atoms with E-state index in [1.807, 2.05) is 0 Å². The molecule has 29 heavy (non-hydrogen) atoms. The molecule has 3 fully saturated rings. The van der Waals surface area contributed by atoms with Gasteiger partial charge in [-0.2, -0.15) is 0 Å². The summed E-state index contributed by atoms with van der Waals surface area (Å²) in [6.45, 7) is 14.9. The van der Waals surface area contributed by atoms with E-state index in [2.05, 4.69) is 47.6 Å². The molecule has 0 aromatic rings. The number of hydrogen-bond donors (Lipinski definition) is 1. The van der Waals surface area contributed by atoms with Crippen molar-refractivity contribution in [1.82, 2.24) is 0 Å². The van der Waals surface area contributed by atoms with Crippen LogP contribution in [0.4, 0.5) is 0 Å². The van der Waals surface area contributed by atoms with Crippen LogP contribution in [0, 0.1) is 52.3 Å². The minimum atomic E-state index is -0.109. The van der Waals surface area contributed by atoms with E-state index in [0.717, 1.165) is 41.9 Å². The second kappa shape index (κ2) is 7.99. The van der Waals surface area contributed by atoms with E-state index in [9.17, 15) is 5.11 Å². The van der Waals surface area contributed by atoms with Gasteiger partial charge in [0.05, 0.1) is 6.10 Å². The van der Waals surface area contributed by atoms with Gasteiger partial charge in [-0.1, -0.05) is 72.5 Å². The maximum absolute atomic E-state index is 10.5. The van der Waals surface area contributed by atoms with Gasteiger partial charge in [0.2, 0.25) is 0 Å². The molecule has 1 unspecified atom stereocenters. The van der Waals surface area contributed by atoms with Gasteiger partial charge < -0.3 is 5.11 Å². The molecule has 166 valence electrons. The van der Waals surface area contributed by atoms with Gasteiger partial charge in [-0.3, -0.25) is 0 Å². The molecule has 0 spiro atoms. The second-order valence-electron chi connectivity index (χ2n) is 12.7. The van der Waals surface area contributed by atoms with Crippen molar-refractivity contribution in [2.24, 2.45) is 52.3 Å². The van der Waals surface area contributed by atoms with Gasteiger partial charge in [0.1, 0.15) is 0 Å². The van der Waals surface area contributed by atoms with E-state index in [1.165, 1.54) is 57.8 Å². The van der Waals surface area contributed by atoms with E-state index < -0.39 is 0 Å². The molecule has 1 N–H and O–H groups in total. The molecular formula is C28H48O. The number of fused-ring (bicyclic) bond motifs is 5. The van der Waals surface area contributed by atoms with Crippen molar-refractivity contribution >= 4 is 0 Å². The standard InChI is InChI=1S/C28H48O/c1-18(2)8-7-9-19(3)23-12-13-24-22-11-10-21-16-26(29)20(4)17-28(21,6)25(22)14-15-27(23,24)5/h10,18-20,22-26,29H,7-9,11-17H2,1-6H3/t19-,20?,22+,23-,24+,25+,26-,27-,28+/m1/s1. The quantitative estimate of drug-likeness (QED) is 0.470. The average Bonchev–Trinajstić information content (AvgIpc) is 3.00. The molecule has 0 bridgehead atoms. The van der Waals surface area contributed by atoms with Crippen LogP contribution >= 0.6 is 0 Å². The normalized spacial score (nSPS) is 47.9.